The van der Waals surface area contributed by atoms with Crippen molar-refractivity contribution in [2.45, 2.75) is 32.8 Å². The van der Waals surface area contributed by atoms with Gasteiger partial charge in [0.1, 0.15) is 57.7 Å². The maximum atomic E-state index is 10.3. The number of rotatable bonds is 8. The van der Waals surface area contributed by atoms with Gasteiger partial charge in [0.05, 0.1) is 6.61 Å². The summed E-state index contributed by atoms with van der Waals surface area (Å²) in [6.07, 6.45) is -0.440. The van der Waals surface area contributed by atoms with E-state index in [1.54, 1.807) is 0 Å². The highest BCUT2D eigenvalue weighted by Gasteiger charge is 2.24. The highest BCUT2D eigenvalue weighted by atomic mass is 16.5. The molecule has 5 nitrogen and oxygen atoms in total. The average Bonchev–Trinajstić information content (AvgIpc) is 2.55. The number of quaternary nitrogens is 2. The SMILES string of the molecule is Cc1cc(OCC(O)C[NH+]2CC[NH+](CCO)CC2)ccc1C(C)C. The lowest BCUT2D eigenvalue weighted by atomic mass is 9.98. The molecule has 2 rings (SSSR count). The van der Waals surface area contributed by atoms with Gasteiger partial charge in [-0.3, -0.25) is 0 Å². The van der Waals surface area contributed by atoms with Crippen molar-refractivity contribution in [1.29, 1.82) is 0 Å². The first kappa shape index (κ1) is 19.2. The predicted octanol–water partition coefficient (Wildman–Crippen LogP) is -1.37. The Hall–Kier alpha value is -1.14. The molecule has 24 heavy (non-hydrogen) atoms. The summed E-state index contributed by atoms with van der Waals surface area (Å²) in [4.78, 5) is 2.90. The molecule has 1 aliphatic heterocycles. The molecule has 0 spiro atoms. The fourth-order valence-electron chi connectivity index (χ4n) is 3.54. The zero-order valence-electron chi connectivity index (χ0n) is 15.3. The van der Waals surface area contributed by atoms with Gasteiger partial charge in [-0.05, 0) is 36.1 Å². The number of hydrogen-bond donors (Lipinski definition) is 4. The van der Waals surface area contributed by atoms with Crippen LogP contribution in [0.4, 0.5) is 0 Å². The lowest BCUT2D eigenvalue weighted by molar-refractivity contribution is -1.01. The largest absolute Gasteiger partial charge is 0.491 e. The Morgan fingerprint density at radius 1 is 1.12 bits per heavy atom. The van der Waals surface area contributed by atoms with Crippen LogP contribution in [0.5, 0.6) is 5.75 Å². The normalized spacial score (nSPS) is 22.6. The van der Waals surface area contributed by atoms with Gasteiger partial charge in [-0.15, -0.1) is 0 Å². The van der Waals surface area contributed by atoms with Crippen molar-refractivity contribution >= 4 is 0 Å². The molecular formula is C19H34N2O3+2. The van der Waals surface area contributed by atoms with Crippen LogP contribution >= 0.6 is 0 Å². The summed E-state index contributed by atoms with van der Waals surface area (Å²) in [7, 11) is 0. The molecule has 0 aliphatic carbocycles. The molecule has 1 atom stereocenters. The monoisotopic (exact) mass is 338 g/mol. The third-order valence-electron chi connectivity index (χ3n) is 4.96. The van der Waals surface area contributed by atoms with E-state index in [2.05, 4.69) is 32.9 Å². The van der Waals surface area contributed by atoms with E-state index in [1.807, 2.05) is 6.07 Å². The van der Waals surface area contributed by atoms with Crippen LogP contribution in [0.2, 0.25) is 0 Å². The number of piperazine rings is 1. The molecule has 1 aliphatic rings. The summed E-state index contributed by atoms with van der Waals surface area (Å²) >= 11 is 0. The first-order valence-electron chi connectivity index (χ1n) is 9.19. The van der Waals surface area contributed by atoms with Crippen LogP contribution in [-0.2, 0) is 0 Å². The number of aliphatic hydroxyl groups excluding tert-OH is 2. The minimum Gasteiger partial charge on any atom is -0.491 e. The first-order valence-corrected chi connectivity index (χ1v) is 9.19. The van der Waals surface area contributed by atoms with Crippen molar-refractivity contribution < 1.29 is 24.7 Å². The minimum atomic E-state index is -0.440. The topological polar surface area (TPSA) is 58.6 Å². The van der Waals surface area contributed by atoms with Crippen molar-refractivity contribution in [1.82, 2.24) is 0 Å². The maximum Gasteiger partial charge on any atom is 0.137 e. The van der Waals surface area contributed by atoms with Crippen LogP contribution in [0.15, 0.2) is 18.2 Å². The van der Waals surface area contributed by atoms with Crippen LogP contribution in [0.1, 0.15) is 30.9 Å². The minimum absolute atomic E-state index is 0.260. The summed E-state index contributed by atoms with van der Waals surface area (Å²) in [6, 6.07) is 6.18. The molecule has 1 heterocycles. The van der Waals surface area contributed by atoms with E-state index in [9.17, 15) is 5.11 Å². The molecule has 1 aromatic rings. The van der Waals surface area contributed by atoms with E-state index in [1.165, 1.54) is 20.9 Å². The fourth-order valence-corrected chi connectivity index (χ4v) is 3.54. The van der Waals surface area contributed by atoms with Gasteiger partial charge in [-0.1, -0.05) is 19.9 Å². The molecule has 1 saturated heterocycles. The van der Waals surface area contributed by atoms with E-state index in [0.29, 0.717) is 12.5 Å². The van der Waals surface area contributed by atoms with Gasteiger partial charge in [-0.2, -0.15) is 0 Å². The van der Waals surface area contributed by atoms with Crippen LogP contribution in [0.25, 0.3) is 0 Å². The van der Waals surface area contributed by atoms with Crippen LogP contribution in [0.3, 0.4) is 0 Å². The van der Waals surface area contributed by atoms with Gasteiger partial charge in [0.2, 0.25) is 0 Å². The molecule has 0 amide bonds. The number of ether oxygens (including phenoxy) is 1. The van der Waals surface area contributed by atoms with Crippen molar-refractivity contribution in [3.05, 3.63) is 29.3 Å². The van der Waals surface area contributed by atoms with E-state index >= 15 is 0 Å². The van der Waals surface area contributed by atoms with Crippen molar-refractivity contribution in [3.63, 3.8) is 0 Å². The molecule has 1 aromatic carbocycles. The maximum absolute atomic E-state index is 10.3. The molecule has 0 radical (unpaired) electrons. The lowest BCUT2D eigenvalue weighted by Gasteiger charge is -2.30. The van der Waals surface area contributed by atoms with Crippen molar-refractivity contribution in [2.75, 3.05) is 52.5 Å². The van der Waals surface area contributed by atoms with Gasteiger partial charge < -0.3 is 24.7 Å². The number of nitrogens with one attached hydrogen (secondary N) is 2. The summed E-state index contributed by atoms with van der Waals surface area (Å²) in [5, 5.41) is 19.2. The Labute approximate surface area is 145 Å². The Morgan fingerprint density at radius 3 is 2.38 bits per heavy atom. The fraction of sp³-hybridized carbons (Fsp3) is 0.684. The zero-order valence-corrected chi connectivity index (χ0v) is 15.3. The molecule has 0 saturated carbocycles. The summed E-state index contributed by atoms with van der Waals surface area (Å²) < 4.78 is 5.78. The van der Waals surface area contributed by atoms with Gasteiger partial charge >= 0.3 is 0 Å². The second kappa shape index (κ2) is 9.37. The second-order valence-electron chi connectivity index (χ2n) is 7.32. The van der Waals surface area contributed by atoms with Crippen LogP contribution in [0, 0.1) is 6.92 Å². The predicted molar refractivity (Wildman–Crippen MR) is 95.0 cm³/mol. The van der Waals surface area contributed by atoms with Gasteiger partial charge in [0.15, 0.2) is 0 Å². The van der Waals surface area contributed by atoms with E-state index in [4.69, 9.17) is 9.84 Å². The number of aryl methyl sites for hydroxylation is 1. The first-order chi connectivity index (χ1) is 11.5. The molecule has 1 unspecified atom stereocenters. The number of hydrogen-bond acceptors (Lipinski definition) is 3. The quantitative estimate of drug-likeness (QED) is 0.473. The third kappa shape index (κ3) is 5.74. The Kier molecular flexibility index (Phi) is 7.49. The zero-order chi connectivity index (χ0) is 17.5. The molecule has 1 fully saturated rings. The van der Waals surface area contributed by atoms with E-state index in [-0.39, 0.29) is 6.61 Å². The number of aliphatic hydroxyl groups is 2. The third-order valence-corrected chi connectivity index (χ3v) is 4.96. The standard InChI is InChI=1S/C19H32N2O3/c1-15(2)19-5-4-18(12-16(19)3)24-14-17(23)13-21-8-6-20(7-9-21)10-11-22/h4-5,12,15,17,22-23H,6-11,13-14H2,1-3H3/p+2. The van der Waals surface area contributed by atoms with Crippen LogP contribution in [-0.4, -0.2) is 68.8 Å². The van der Waals surface area contributed by atoms with E-state index in [0.717, 1.165) is 45.0 Å². The summed E-state index contributed by atoms with van der Waals surface area (Å²) in [6.45, 7) is 12.9. The lowest BCUT2D eigenvalue weighted by Crippen LogP contribution is -3.28. The summed E-state index contributed by atoms with van der Waals surface area (Å²) in [5.74, 6) is 1.35. The van der Waals surface area contributed by atoms with E-state index < -0.39 is 6.10 Å². The molecule has 0 bridgehead atoms. The average molecular weight is 338 g/mol. The van der Waals surface area contributed by atoms with Crippen molar-refractivity contribution in [3.8, 4) is 5.75 Å². The number of benzene rings is 1. The highest BCUT2D eigenvalue weighted by molar-refractivity contribution is 5.36. The van der Waals surface area contributed by atoms with Gasteiger partial charge in [0, 0.05) is 0 Å². The van der Waals surface area contributed by atoms with Gasteiger partial charge in [-0.25, -0.2) is 0 Å². The highest BCUT2D eigenvalue weighted by Crippen LogP contribution is 2.23. The Balaban J connectivity index is 1.73. The van der Waals surface area contributed by atoms with Crippen molar-refractivity contribution in [2.24, 2.45) is 0 Å². The molecule has 4 N–H and O–H groups in total. The molecule has 5 heteroatoms. The molecule has 136 valence electrons. The molecular weight excluding hydrogens is 304 g/mol. The second-order valence-corrected chi connectivity index (χ2v) is 7.32. The Bertz CT molecular complexity index is 499. The summed E-state index contributed by atoms with van der Waals surface area (Å²) in [5.41, 5.74) is 2.58. The van der Waals surface area contributed by atoms with Gasteiger partial charge in [0.25, 0.3) is 0 Å². The Morgan fingerprint density at radius 2 is 1.79 bits per heavy atom. The van der Waals surface area contributed by atoms with Crippen LogP contribution < -0.4 is 14.5 Å². The molecule has 0 aromatic heterocycles. The smallest absolute Gasteiger partial charge is 0.137 e.